The Kier molecular flexibility index (Phi) is 3.94. The van der Waals surface area contributed by atoms with Crippen molar-refractivity contribution in [2.24, 2.45) is 13.0 Å². The van der Waals surface area contributed by atoms with Gasteiger partial charge in [0, 0.05) is 22.6 Å². The number of aryl methyl sites for hydroxylation is 1. The van der Waals surface area contributed by atoms with E-state index < -0.39 is 0 Å². The summed E-state index contributed by atoms with van der Waals surface area (Å²) < 4.78 is 15.5. The number of rotatable bonds is 3. The average Bonchev–Trinajstić information content (AvgIpc) is 2.57. The van der Waals surface area contributed by atoms with Crippen LogP contribution in [0.5, 0.6) is 0 Å². The van der Waals surface area contributed by atoms with Crippen LogP contribution in [-0.4, -0.2) is 9.78 Å². The van der Waals surface area contributed by atoms with E-state index in [9.17, 15) is 4.39 Å². The van der Waals surface area contributed by atoms with Gasteiger partial charge >= 0.3 is 0 Å². The third kappa shape index (κ3) is 2.81. The molecule has 1 heterocycles. The van der Waals surface area contributed by atoms with Gasteiger partial charge in [0.05, 0.1) is 5.69 Å². The van der Waals surface area contributed by atoms with Crippen LogP contribution in [0.1, 0.15) is 19.4 Å². The maximum Gasteiger partial charge on any atom is 0.125 e. The second-order valence-corrected chi connectivity index (χ2v) is 5.91. The third-order valence-corrected chi connectivity index (χ3v) is 3.65. The Morgan fingerprint density at radius 3 is 2.68 bits per heavy atom. The van der Waals surface area contributed by atoms with Crippen molar-refractivity contribution in [3.63, 3.8) is 0 Å². The van der Waals surface area contributed by atoms with Crippen LogP contribution in [0, 0.1) is 11.7 Å². The molecule has 0 amide bonds. The summed E-state index contributed by atoms with van der Waals surface area (Å²) in [5.74, 6) is 0.870. The fourth-order valence-electron chi connectivity index (χ4n) is 2.09. The quantitative estimate of drug-likeness (QED) is 0.933. The summed E-state index contributed by atoms with van der Waals surface area (Å²) in [7, 11) is 1.82. The minimum Gasteiger partial charge on any atom is -0.384 e. The van der Waals surface area contributed by atoms with E-state index in [0.717, 1.165) is 23.2 Å². The van der Waals surface area contributed by atoms with Gasteiger partial charge in [-0.1, -0.05) is 13.8 Å². The molecule has 0 unspecified atom stereocenters. The third-order valence-electron chi connectivity index (χ3n) is 2.99. The van der Waals surface area contributed by atoms with Crippen molar-refractivity contribution in [3.8, 4) is 11.3 Å². The molecule has 0 bridgehead atoms. The van der Waals surface area contributed by atoms with Gasteiger partial charge in [-0.2, -0.15) is 5.10 Å². The fourth-order valence-corrected chi connectivity index (χ4v) is 2.63. The Hall–Kier alpha value is -1.36. The molecule has 0 radical (unpaired) electrons. The van der Waals surface area contributed by atoms with Crippen LogP contribution in [0.4, 0.5) is 10.2 Å². The molecule has 0 atom stereocenters. The normalized spacial score (nSPS) is 11.3. The highest BCUT2D eigenvalue weighted by Crippen LogP contribution is 2.34. The van der Waals surface area contributed by atoms with E-state index in [0.29, 0.717) is 16.2 Å². The van der Waals surface area contributed by atoms with Crippen molar-refractivity contribution >= 4 is 21.7 Å². The van der Waals surface area contributed by atoms with Crippen molar-refractivity contribution < 1.29 is 4.39 Å². The van der Waals surface area contributed by atoms with Gasteiger partial charge in [0.1, 0.15) is 11.6 Å². The van der Waals surface area contributed by atoms with Crippen LogP contribution in [0.15, 0.2) is 22.7 Å². The molecule has 1 aromatic carbocycles. The predicted molar refractivity (Wildman–Crippen MR) is 79.3 cm³/mol. The van der Waals surface area contributed by atoms with Gasteiger partial charge in [0.2, 0.25) is 0 Å². The number of anilines is 1. The minimum atomic E-state index is -0.273. The summed E-state index contributed by atoms with van der Waals surface area (Å²) in [6.45, 7) is 4.27. The minimum absolute atomic E-state index is 0.273. The predicted octanol–water partition coefficient (Wildman–Crippen LogP) is 3.77. The Morgan fingerprint density at radius 1 is 1.42 bits per heavy atom. The fraction of sp³-hybridized carbons (Fsp3) is 0.357. The lowest BCUT2D eigenvalue weighted by Crippen LogP contribution is -2.02. The summed E-state index contributed by atoms with van der Waals surface area (Å²) in [5.41, 5.74) is 8.78. The maximum absolute atomic E-state index is 13.2. The van der Waals surface area contributed by atoms with Crippen molar-refractivity contribution in [2.45, 2.75) is 20.3 Å². The maximum atomic E-state index is 13.2. The van der Waals surface area contributed by atoms with Crippen molar-refractivity contribution in [2.75, 3.05) is 5.73 Å². The molecule has 102 valence electrons. The smallest absolute Gasteiger partial charge is 0.125 e. The molecule has 0 saturated carbocycles. The monoisotopic (exact) mass is 325 g/mol. The first kappa shape index (κ1) is 14.1. The van der Waals surface area contributed by atoms with E-state index in [1.807, 2.05) is 7.05 Å². The van der Waals surface area contributed by atoms with Crippen LogP contribution >= 0.6 is 15.9 Å². The zero-order chi connectivity index (χ0) is 14.2. The summed E-state index contributed by atoms with van der Waals surface area (Å²) >= 11 is 3.39. The van der Waals surface area contributed by atoms with Crippen LogP contribution in [0.25, 0.3) is 11.3 Å². The molecule has 0 saturated heterocycles. The van der Waals surface area contributed by atoms with E-state index >= 15 is 0 Å². The number of hydrogen-bond donors (Lipinski definition) is 1. The molecule has 2 aromatic rings. The molecule has 0 aliphatic heterocycles. The summed E-state index contributed by atoms with van der Waals surface area (Å²) in [4.78, 5) is 0. The molecular formula is C14H17BrFN3. The number of nitrogens with two attached hydrogens (primary N) is 1. The van der Waals surface area contributed by atoms with E-state index in [1.165, 1.54) is 12.1 Å². The second-order valence-electron chi connectivity index (χ2n) is 5.06. The largest absolute Gasteiger partial charge is 0.384 e. The van der Waals surface area contributed by atoms with Gasteiger partial charge in [0.25, 0.3) is 0 Å². The summed E-state index contributed by atoms with van der Waals surface area (Å²) in [5, 5.41) is 4.46. The van der Waals surface area contributed by atoms with Crippen LogP contribution in [-0.2, 0) is 13.5 Å². The molecule has 1 aromatic heterocycles. The first-order valence-corrected chi connectivity index (χ1v) is 6.96. The number of nitrogens with zero attached hydrogens (tertiary/aromatic N) is 2. The standard InChI is InChI=1S/C14H17BrFN3/c1-8(2)6-11-13(18-19(3)14(11)17)10-5-4-9(16)7-12(10)15/h4-5,7-8H,6,17H2,1-3H3. The molecule has 5 heteroatoms. The van der Waals surface area contributed by atoms with E-state index in [2.05, 4.69) is 34.9 Å². The van der Waals surface area contributed by atoms with E-state index in [-0.39, 0.29) is 5.82 Å². The lowest BCUT2D eigenvalue weighted by Gasteiger charge is -2.08. The van der Waals surface area contributed by atoms with Gasteiger partial charge < -0.3 is 5.73 Å². The molecule has 2 rings (SSSR count). The van der Waals surface area contributed by atoms with Crippen LogP contribution in [0.3, 0.4) is 0 Å². The molecule has 19 heavy (non-hydrogen) atoms. The highest BCUT2D eigenvalue weighted by molar-refractivity contribution is 9.10. The molecular weight excluding hydrogens is 309 g/mol. The number of halogens is 2. The Balaban J connectivity index is 2.58. The van der Waals surface area contributed by atoms with Crippen molar-refractivity contribution in [3.05, 3.63) is 34.1 Å². The van der Waals surface area contributed by atoms with Gasteiger partial charge in [0.15, 0.2) is 0 Å². The molecule has 2 N–H and O–H groups in total. The summed E-state index contributed by atoms with van der Waals surface area (Å²) in [6.07, 6.45) is 0.846. The first-order valence-electron chi connectivity index (χ1n) is 6.17. The molecule has 0 aliphatic carbocycles. The van der Waals surface area contributed by atoms with Gasteiger partial charge in [-0.05, 0) is 46.5 Å². The highest BCUT2D eigenvalue weighted by Gasteiger charge is 2.18. The van der Waals surface area contributed by atoms with Gasteiger partial charge in [-0.25, -0.2) is 4.39 Å². The topological polar surface area (TPSA) is 43.8 Å². The van der Waals surface area contributed by atoms with Crippen molar-refractivity contribution in [1.82, 2.24) is 9.78 Å². The molecule has 0 aliphatic rings. The first-order chi connectivity index (χ1) is 8.90. The average molecular weight is 326 g/mol. The highest BCUT2D eigenvalue weighted by atomic mass is 79.9. The second kappa shape index (κ2) is 5.33. The lowest BCUT2D eigenvalue weighted by molar-refractivity contribution is 0.627. The van der Waals surface area contributed by atoms with Crippen LogP contribution in [0.2, 0.25) is 0 Å². The SMILES string of the molecule is CC(C)Cc1c(-c2ccc(F)cc2Br)nn(C)c1N. The molecule has 3 nitrogen and oxygen atoms in total. The number of nitrogen functional groups attached to an aromatic ring is 1. The summed E-state index contributed by atoms with van der Waals surface area (Å²) in [6, 6.07) is 4.61. The Labute approximate surface area is 120 Å². The van der Waals surface area contributed by atoms with Gasteiger partial charge in [-0.3, -0.25) is 4.68 Å². The molecule has 0 fully saturated rings. The Morgan fingerprint density at radius 2 is 2.11 bits per heavy atom. The van der Waals surface area contributed by atoms with Crippen molar-refractivity contribution in [1.29, 1.82) is 0 Å². The zero-order valence-electron chi connectivity index (χ0n) is 11.2. The zero-order valence-corrected chi connectivity index (χ0v) is 12.8. The van der Waals surface area contributed by atoms with E-state index in [1.54, 1.807) is 10.7 Å². The number of hydrogen-bond acceptors (Lipinski definition) is 2. The number of benzene rings is 1. The lowest BCUT2D eigenvalue weighted by atomic mass is 9.99. The van der Waals surface area contributed by atoms with Gasteiger partial charge in [-0.15, -0.1) is 0 Å². The van der Waals surface area contributed by atoms with E-state index in [4.69, 9.17) is 5.73 Å². The Bertz CT molecular complexity index is 605. The van der Waals surface area contributed by atoms with Crippen LogP contribution < -0.4 is 5.73 Å². The molecule has 0 spiro atoms. The number of aromatic nitrogens is 2.